The number of halogens is 1. The average Bonchev–Trinajstić information content (AvgIpc) is 2.55. The first kappa shape index (κ1) is 16.2. The van der Waals surface area contributed by atoms with Crippen molar-refractivity contribution in [2.24, 2.45) is 21.1 Å². The summed E-state index contributed by atoms with van der Waals surface area (Å²) in [6.07, 6.45) is 5.68. The minimum absolute atomic E-state index is 0.147. The summed E-state index contributed by atoms with van der Waals surface area (Å²) in [7, 11) is 2.08. The third kappa shape index (κ3) is 4.20. The summed E-state index contributed by atoms with van der Waals surface area (Å²) in [5.74, 6) is 0.844. The van der Waals surface area contributed by atoms with Crippen LogP contribution in [-0.2, 0) is 0 Å². The van der Waals surface area contributed by atoms with Crippen LogP contribution in [0, 0.1) is 0 Å². The highest BCUT2D eigenvalue weighted by atomic mass is 32.2. The van der Waals surface area contributed by atoms with E-state index in [0.29, 0.717) is 0 Å². The van der Waals surface area contributed by atoms with Gasteiger partial charge in [-0.2, -0.15) is 5.11 Å². The van der Waals surface area contributed by atoms with Crippen molar-refractivity contribution in [3.8, 4) is 0 Å². The van der Waals surface area contributed by atoms with Crippen molar-refractivity contribution in [3.05, 3.63) is 35.3 Å². The van der Waals surface area contributed by atoms with E-state index < -0.39 is 0 Å². The van der Waals surface area contributed by atoms with E-state index in [-0.39, 0.29) is 17.0 Å². The summed E-state index contributed by atoms with van der Waals surface area (Å²) in [6, 6.07) is 0. The summed E-state index contributed by atoms with van der Waals surface area (Å²) in [4.78, 5) is 2.24. The quantitative estimate of drug-likeness (QED) is 0.476. The largest absolute Gasteiger partial charge is 0.365 e. The number of likely N-dealkylation sites (N-methyl/N-ethyl adjacent to an activating group) is 1. The molecular formula is C15H21FN6S. The molecule has 0 radical (unpaired) electrons. The molecule has 124 valence electrons. The Labute approximate surface area is 139 Å². The van der Waals surface area contributed by atoms with Crippen LogP contribution >= 0.6 is 11.8 Å². The van der Waals surface area contributed by atoms with Gasteiger partial charge in [-0.05, 0) is 30.5 Å². The van der Waals surface area contributed by atoms with Crippen molar-refractivity contribution in [3.63, 3.8) is 0 Å². The highest BCUT2D eigenvalue weighted by Crippen LogP contribution is 2.36. The maximum Gasteiger partial charge on any atom is 0.256 e. The van der Waals surface area contributed by atoms with Gasteiger partial charge in [0.05, 0.1) is 10.9 Å². The van der Waals surface area contributed by atoms with E-state index in [1.165, 1.54) is 6.08 Å². The van der Waals surface area contributed by atoms with Crippen molar-refractivity contribution in [2.45, 2.75) is 11.7 Å². The lowest BCUT2D eigenvalue weighted by molar-refractivity contribution is 0.158. The van der Waals surface area contributed by atoms with Crippen LogP contribution < -0.4 is 5.73 Å². The fourth-order valence-corrected chi connectivity index (χ4v) is 3.80. The van der Waals surface area contributed by atoms with Gasteiger partial charge in [0.1, 0.15) is 5.83 Å². The Morgan fingerprint density at radius 1 is 1.35 bits per heavy atom. The molecule has 1 fully saturated rings. The van der Waals surface area contributed by atoms with Crippen LogP contribution in [0.4, 0.5) is 4.39 Å². The van der Waals surface area contributed by atoms with Gasteiger partial charge in [-0.3, -0.25) is 5.01 Å². The third-order valence-electron chi connectivity index (χ3n) is 4.00. The minimum atomic E-state index is -0.245. The SMILES string of the molecule is CN1CCN(/N=C(\N)N=NC2=C3C=C(F)C=CC3SCC2)CC1. The number of thioether (sulfide) groups is 1. The number of hydrazone groups is 1. The first-order valence-corrected chi connectivity index (χ1v) is 8.76. The fourth-order valence-electron chi connectivity index (χ4n) is 2.66. The molecule has 0 aromatic rings. The number of azo groups is 1. The lowest BCUT2D eigenvalue weighted by Crippen LogP contribution is -2.42. The third-order valence-corrected chi connectivity index (χ3v) is 5.21. The number of piperazine rings is 1. The van der Waals surface area contributed by atoms with Crippen molar-refractivity contribution >= 4 is 17.7 Å². The molecule has 0 amide bonds. The molecule has 2 aliphatic heterocycles. The van der Waals surface area contributed by atoms with E-state index in [2.05, 4.69) is 27.3 Å². The van der Waals surface area contributed by atoms with Gasteiger partial charge in [-0.25, -0.2) is 4.39 Å². The molecular weight excluding hydrogens is 315 g/mol. The van der Waals surface area contributed by atoms with Gasteiger partial charge in [0.2, 0.25) is 0 Å². The molecule has 0 saturated carbocycles. The van der Waals surface area contributed by atoms with Crippen LogP contribution in [0.3, 0.4) is 0 Å². The van der Waals surface area contributed by atoms with Gasteiger partial charge < -0.3 is 10.6 Å². The monoisotopic (exact) mass is 336 g/mol. The summed E-state index contributed by atoms with van der Waals surface area (Å²) in [5.41, 5.74) is 7.54. The van der Waals surface area contributed by atoms with Crippen LogP contribution in [0.5, 0.6) is 0 Å². The standard InChI is InChI=1S/C15H21FN6S/c1-21-5-7-22(8-6-21)20-15(17)19-18-13-4-9-23-14-3-2-11(16)10-12(13)14/h2-3,10,14H,4-9H2,1H3,(H2,17,20). The lowest BCUT2D eigenvalue weighted by atomic mass is 10.0. The zero-order valence-corrected chi connectivity index (χ0v) is 14.0. The van der Waals surface area contributed by atoms with Crippen molar-refractivity contribution < 1.29 is 4.39 Å². The number of hydrogen-bond acceptors (Lipinski definition) is 5. The number of guanidine groups is 1. The first-order valence-electron chi connectivity index (χ1n) is 7.71. The second kappa shape index (κ2) is 7.27. The van der Waals surface area contributed by atoms with Gasteiger partial charge >= 0.3 is 0 Å². The van der Waals surface area contributed by atoms with E-state index in [9.17, 15) is 4.39 Å². The summed E-state index contributed by atoms with van der Waals surface area (Å²) < 4.78 is 13.5. The van der Waals surface area contributed by atoms with E-state index in [4.69, 9.17) is 5.73 Å². The molecule has 3 rings (SSSR count). The predicted octanol–water partition coefficient (Wildman–Crippen LogP) is 2.10. The molecule has 2 heterocycles. The topological polar surface area (TPSA) is 69.6 Å². The van der Waals surface area contributed by atoms with Crippen LogP contribution in [0.25, 0.3) is 0 Å². The molecule has 6 nitrogen and oxygen atoms in total. The van der Waals surface area contributed by atoms with E-state index >= 15 is 0 Å². The number of fused-ring (bicyclic) bond motifs is 1. The van der Waals surface area contributed by atoms with Crippen molar-refractivity contribution in [2.75, 3.05) is 39.0 Å². The lowest BCUT2D eigenvalue weighted by Gasteiger charge is -2.30. The number of nitrogens with zero attached hydrogens (tertiary/aromatic N) is 5. The van der Waals surface area contributed by atoms with Crippen LogP contribution in [0.2, 0.25) is 0 Å². The first-order chi connectivity index (χ1) is 11.1. The van der Waals surface area contributed by atoms with Gasteiger partial charge in [-0.15, -0.1) is 22.0 Å². The fraction of sp³-hybridized carbons (Fsp3) is 0.533. The van der Waals surface area contributed by atoms with Crippen molar-refractivity contribution in [1.29, 1.82) is 0 Å². The van der Waals surface area contributed by atoms with Crippen LogP contribution in [0.15, 0.2) is 50.7 Å². The number of rotatable bonds is 2. The average molecular weight is 336 g/mol. The molecule has 2 N–H and O–H groups in total. The summed E-state index contributed by atoms with van der Waals surface area (Å²) in [5, 5.41) is 14.6. The zero-order valence-electron chi connectivity index (χ0n) is 13.2. The van der Waals surface area contributed by atoms with E-state index in [1.54, 1.807) is 17.8 Å². The maximum absolute atomic E-state index is 13.5. The highest BCUT2D eigenvalue weighted by molar-refractivity contribution is 8.00. The molecule has 1 saturated heterocycles. The molecule has 1 unspecified atom stereocenters. The molecule has 0 aromatic heterocycles. The van der Waals surface area contributed by atoms with Gasteiger partial charge in [-0.1, -0.05) is 6.08 Å². The molecule has 0 bridgehead atoms. The molecule has 0 spiro atoms. The second-order valence-corrected chi connectivity index (χ2v) is 7.00. The molecule has 3 aliphatic rings. The van der Waals surface area contributed by atoms with Crippen LogP contribution in [-0.4, -0.2) is 60.1 Å². The Kier molecular flexibility index (Phi) is 5.12. The Morgan fingerprint density at radius 2 is 2.13 bits per heavy atom. The number of allylic oxidation sites excluding steroid dienone is 4. The second-order valence-electron chi connectivity index (χ2n) is 5.75. The Bertz CT molecular complexity index is 601. The molecule has 1 aliphatic carbocycles. The van der Waals surface area contributed by atoms with Crippen LogP contribution in [0.1, 0.15) is 6.42 Å². The van der Waals surface area contributed by atoms with E-state index in [0.717, 1.165) is 49.6 Å². The zero-order chi connectivity index (χ0) is 16.2. The normalized spacial score (nSPS) is 26.7. The molecule has 23 heavy (non-hydrogen) atoms. The molecule has 0 aromatic carbocycles. The Balaban J connectivity index is 1.70. The molecule has 1 atom stereocenters. The van der Waals surface area contributed by atoms with Gasteiger partial charge in [0, 0.05) is 32.6 Å². The minimum Gasteiger partial charge on any atom is -0.365 e. The Morgan fingerprint density at radius 3 is 2.91 bits per heavy atom. The summed E-state index contributed by atoms with van der Waals surface area (Å²) in [6.45, 7) is 3.58. The maximum atomic E-state index is 13.5. The van der Waals surface area contributed by atoms with Gasteiger partial charge in [0.25, 0.3) is 5.96 Å². The molecule has 8 heteroatoms. The Hall–Kier alpha value is -1.67. The van der Waals surface area contributed by atoms with E-state index in [1.807, 2.05) is 11.1 Å². The highest BCUT2D eigenvalue weighted by Gasteiger charge is 2.23. The number of nitrogens with two attached hydrogens (primary N) is 1. The number of hydrogen-bond donors (Lipinski definition) is 1. The van der Waals surface area contributed by atoms with Crippen molar-refractivity contribution in [1.82, 2.24) is 9.91 Å². The predicted molar refractivity (Wildman–Crippen MR) is 91.8 cm³/mol. The smallest absolute Gasteiger partial charge is 0.256 e. The summed E-state index contributed by atoms with van der Waals surface area (Å²) >= 11 is 1.78. The van der Waals surface area contributed by atoms with Gasteiger partial charge in [0.15, 0.2) is 0 Å².